The second-order valence-corrected chi connectivity index (χ2v) is 6.72. The van der Waals surface area contributed by atoms with Crippen LogP contribution in [0.15, 0.2) is 18.2 Å². The summed E-state index contributed by atoms with van der Waals surface area (Å²) >= 11 is 6.08. The fraction of sp³-hybridized carbons (Fsp3) is 0.556. The number of benzene rings is 1. The summed E-state index contributed by atoms with van der Waals surface area (Å²) in [6.45, 7) is 4.71. The predicted octanol–water partition coefficient (Wildman–Crippen LogP) is 1.67. The van der Waals surface area contributed by atoms with Crippen molar-refractivity contribution in [1.29, 1.82) is 0 Å². The zero-order chi connectivity index (χ0) is 18.9. The molecule has 0 radical (unpaired) electrons. The molecule has 0 spiro atoms. The number of esters is 1. The molecule has 6 nitrogen and oxygen atoms in total. The number of halogens is 2. The third-order valence-corrected chi connectivity index (χ3v) is 4.70. The van der Waals surface area contributed by atoms with Gasteiger partial charge in [0.2, 0.25) is 5.91 Å². The van der Waals surface area contributed by atoms with Crippen molar-refractivity contribution in [2.75, 3.05) is 46.4 Å². The Morgan fingerprint density at radius 1 is 1.23 bits per heavy atom. The van der Waals surface area contributed by atoms with Gasteiger partial charge in [0.15, 0.2) is 0 Å². The third kappa shape index (κ3) is 6.90. The van der Waals surface area contributed by atoms with Crippen LogP contribution < -0.4 is 5.32 Å². The van der Waals surface area contributed by atoms with Crippen molar-refractivity contribution in [2.45, 2.75) is 19.4 Å². The van der Waals surface area contributed by atoms with Crippen molar-refractivity contribution in [3.63, 3.8) is 0 Å². The monoisotopic (exact) mass is 385 g/mol. The standard InChI is InChI=1S/C18H25ClFN3O3/c1-26-18(25)3-2-6-21-17(24)13-23-9-7-22(8-10-23)12-14-4-5-15(20)11-16(14)19/h4-5,11H,2-3,6-10,12-13H2,1H3,(H,21,24). The van der Waals surface area contributed by atoms with Crippen LogP contribution in [0.1, 0.15) is 18.4 Å². The van der Waals surface area contributed by atoms with Gasteiger partial charge in [-0.15, -0.1) is 0 Å². The van der Waals surface area contributed by atoms with E-state index in [4.69, 9.17) is 11.6 Å². The highest BCUT2D eigenvalue weighted by Gasteiger charge is 2.19. The van der Waals surface area contributed by atoms with Crippen LogP contribution in [0.25, 0.3) is 0 Å². The molecule has 26 heavy (non-hydrogen) atoms. The first-order valence-electron chi connectivity index (χ1n) is 8.70. The van der Waals surface area contributed by atoms with Crippen LogP contribution >= 0.6 is 11.6 Å². The van der Waals surface area contributed by atoms with Crippen LogP contribution in [0.2, 0.25) is 5.02 Å². The van der Waals surface area contributed by atoms with Crippen molar-refractivity contribution in [1.82, 2.24) is 15.1 Å². The fourth-order valence-electron chi connectivity index (χ4n) is 2.82. The zero-order valence-electron chi connectivity index (χ0n) is 15.0. The molecule has 1 aromatic rings. The Hall–Kier alpha value is -1.70. The Labute approximate surface area is 158 Å². The smallest absolute Gasteiger partial charge is 0.305 e. The molecule has 1 aromatic carbocycles. The maximum absolute atomic E-state index is 13.1. The first-order chi connectivity index (χ1) is 12.5. The third-order valence-electron chi connectivity index (χ3n) is 4.35. The lowest BCUT2D eigenvalue weighted by molar-refractivity contribution is -0.140. The van der Waals surface area contributed by atoms with Gasteiger partial charge < -0.3 is 10.1 Å². The molecule has 144 valence electrons. The summed E-state index contributed by atoms with van der Waals surface area (Å²) < 4.78 is 17.7. The summed E-state index contributed by atoms with van der Waals surface area (Å²) in [5.74, 6) is -0.636. The topological polar surface area (TPSA) is 61.9 Å². The van der Waals surface area contributed by atoms with Gasteiger partial charge in [0, 0.05) is 50.7 Å². The van der Waals surface area contributed by atoms with Gasteiger partial charge in [0.25, 0.3) is 0 Å². The zero-order valence-corrected chi connectivity index (χ0v) is 15.7. The van der Waals surface area contributed by atoms with E-state index < -0.39 is 0 Å². The number of ether oxygens (including phenoxy) is 1. The van der Waals surface area contributed by atoms with Crippen LogP contribution in [-0.4, -0.2) is 68.1 Å². The summed E-state index contributed by atoms with van der Waals surface area (Å²) in [6, 6.07) is 4.46. The van der Waals surface area contributed by atoms with Gasteiger partial charge in [0.1, 0.15) is 5.82 Å². The number of rotatable bonds is 8. The van der Waals surface area contributed by atoms with Gasteiger partial charge in [-0.3, -0.25) is 19.4 Å². The molecule has 2 rings (SSSR count). The van der Waals surface area contributed by atoms with Crippen molar-refractivity contribution in [3.05, 3.63) is 34.6 Å². The Morgan fingerprint density at radius 2 is 1.92 bits per heavy atom. The number of carbonyl (C=O) groups excluding carboxylic acids is 2. The van der Waals surface area contributed by atoms with Gasteiger partial charge >= 0.3 is 5.97 Å². The highest BCUT2D eigenvalue weighted by molar-refractivity contribution is 6.31. The molecule has 0 atom stereocenters. The van der Waals surface area contributed by atoms with Crippen LogP contribution in [0.4, 0.5) is 4.39 Å². The number of methoxy groups -OCH3 is 1. The molecule has 1 heterocycles. The highest BCUT2D eigenvalue weighted by atomic mass is 35.5. The number of nitrogens with zero attached hydrogens (tertiary/aromatic N) is 2. The number of hydrogen-bond acceptors (Lipinski definition) is 5. The summed E-state index contributed by atoms with van der Waals surface area (Å²) in [4.78, 5) is 27.3. The predicted molar refractivity (Wildman–Crippen MR) is 97.4 cm³/mol. The Balaban J connectivity index is 1.65. The first-order valence-corrected chi connectivity index (χ1v) is 9.08. The van der Waals surface area contributed by atoms with Crippen molar-refractivity contribution in [2.24, 2.45) is 0 Å². The number of piperazine rings is 1. The molecule has 1 saturated heterocycles. The van der Waals surface area contributed by atoms with Crippen LogP contribution in [0.5, 0.6) is 0 Å². The molecule has 0 saturated carbocycles. The number of hydrogen-bond donors (Lipinski definition) is 1. The van der Waals surface area contributed by atoms with Crippen LogP contribution in [0.3, 0.4) is 0 Å². The molecule has 0 unspecified atom stereocenters. The van der Waals surface area contributed by atoms with E-state index in [1.165, 1.54) is 19.2 Å². The molecule has 1 aliphatic heterocycles. The van der Waals surface area contributed by atoms with Crippen molar-refractivity contribution in [3.8, 4) is 0 Å². The second-order valence-electron chi connectivity index (χ2n) is 6.32. The average molecular weight is 386 g/mol. The molecule has 1 amide bonds. The number of nitrogens with one attached hydrogen (secondary N) is 1. The molecule has 8 heteroatoms. The van der Waals surface area contributed by atoms with E-state index in [9.17, 15) is 14.0 Å². The fourth-order valence-corrected chi connectivity index (χ4v) is 3.04. The van der Waals surface area contributed by atoms with Gasteiger partial charge in [-0.1, -0.05) is 17.7 Å². The molecule has 0 bridgehead atoms. The van der Waals surface area contributed by atoms with Crippen LogP contribution in [-0.2, 0) is 20.9 Å². The van der Waals surface area contributed by atoms with Crippen molar-refractivity contribution >= 4 is 23.5 Å². The molecule has 0 aliphatic carbocycles. The Kier molecular flexibility index (Phi) is 8.28. The first kappa shape index (κ1) is 20.6. The van der Waals surface area contributed by atoms with E-state index in [1.54, 1.807) is 6.07 Å². The molecular weight excluding hydrogens is 361 g/mol. The Morgan fingerprint density at radius 3 is 2.58 bits per heavy atom. The Bertz CT molecular complexity index is 622. The van der Waals surface area contributed by atoms with Gasteiger partial charge in [-0.2, -0.15) is 0 Å². The maximum atomic E-state index is 13.1. The molecule has 1 fully saturated rings. The number of amides is 1. The largest absolute Gasteiger partial charge is 0.469 e. The maximum Gasteiger partial charge on any atom is 0.305 e. The lowest BCUT2D eigenvalue weighted by Gasteiger charge is -2.34. The summed E-state index contributed by atoms with van der Waals surface area (Å²) in [5, 5.41) is 3.26. The number of carbonyl (C=O) groups is 2. The van der Waals surface area contributed by atoms with E-state index >= 15 is 0 Å². The van der Waals surface area contributed by atoms with Gasteiger partial charge in [-0.25, -0.2) is 4.39 Å². The van der Waals surface area contributed by atoms with E-state index in [1.807, 2.05) is 0 Å². The quantitative estimate of drug-likeness (QED) is 0.545. The molecule has 1 aliphatic rings. The van der Waals surface area contributed by atoms with E-state index in [2.05, 4.69) is 19.9 Å². The van der Waals surface area contributed by atoms with E-state index in [0.29, 0.717) is 37.5 Å². The molecule has 0 aromatic heterocycles. The highest BCUT2D eigenvalue weighted by Crippen LogP contribution is 2.19. The molecule has 1 N–H and O–H groups in total. The normalized spacial score (nSPS) is 15.7. The summed E-state index contributed by atoms with van der Waals surface area (Å²) in [6.07, 6.45) is 0.881. The van der Waals surface area contributed by atoms with E-state index in [0.717, 1.165) is 31.7 Å². The lowest BCUT2D eigenvalue weighted by Crippen LogP contribution is -2.49. The van der Waals surface area contributed by atoms with Crippen molar-refractivity contribution < 1.29 is 18.7 Å². The van der Waals surface area contributed by atoms with E-state index in [-0.39, 0.29) is 17.7 Å². The minimum absolute atomic E-state index is 0.0371. The lowest BCUT2D eigenvalue weighted by atomic mass is 10.2. The minimum Gasteiger partial charge on any atom is -0.469 e. The second kappa shape index (κ2) is 10.4. The molecular formula is C18H25ClFN3O3. The van der Waals surface area contributed by atoms with Gasteiger partial charge in [-0.05, 0) is 24.1 Å². The SMILES string of the molecule is COC(=O)CCCNC(=O)CN1CCN(Cc2ccc(F)cc2Cl)CC1. The average Bonchev–Trinajstić information content (AvgIpc) is 2.62. The summed E-state index contributed by atoms with van der Waals surface area (Å²) in [7, 11) is 1.35. The summed E-state index contributed by atoms with van der Waals surface area (Å²) in [5.41, 5.74) is 0.907. The minimum atomic E-state index is -0.332. The van der Waals surface area contributed by atoms with Crippen LogP contribution in [0, 0.1) is 5.82 Å². The van der Waals surface area contributed by atoms with Gasteiger partial charge in [0.05, 0.1) is 13.7 Å².